The van der Waals surface area contributed by atoms with Crippen LogP contribution in [0.1, 0.15) is 29.7 Å². The lowest BCUT2D eigenvalue weighted by molar-refractivity contribution is -0.118. The molecule has 0 aliphatic heterocycles. The first-order valence-electron chi connectivity index (χ1n) is 8.35. The van der Waals surface area contributed by atoms with Crippen molar-refractivity contribution in [1.29, 1.82) is 0 Å². The Kier molecular flexibility index (Phi) is 3.49. The number of aryl methyl sites for hydroxylation is 3. The molecule has 1 aliphatic rings. The third kappa shape index (κ3) is 2.17. The van der Waals surface area contributed by atoms with Crippen LogP contribution in [-0.4, -0.2) is 27.1 Å². The Balaban J connectivity index is 2.10. The van der Waals surface area contributed by atoms with Crippen molar-refractivity contribution in [2.45, 2.75) is 39.2 Å². The molecule has 124 valence electrons. The van der Waals surface area contributed by atoms with Crippen molar-refractivity contribution in [2.24, 2.45) is 5.73 Å². The van der Waals surface area contributed by atoms with Gasteiger partial charge in [-0.3, -0.25) is 14.7 Å². The molecule has 1 aliphatic carbocycles. The van der Waals surface area contributed by atoms with E-state index in [1.807, 2.05) is 13.0 Å². The Morgan fingerprint density at radius 3 is 2.88 bits per heavy atom. The van der Waals surface area contributed by atoms with E-state index in [9.17, 15) is 9.59 Å². The fourth-order valence-corrected chi connectivity index (χ4v) is 3.66. The van der Waals surface area contributed by atoms with Crippen LogP contribution < -0.4 is 11.3 Å². The number of nitrogens with one attached hydrogen (secondary N) is 1. The number of benzene rings is 1. The number of nitrogens with two attached hydrogens (primary N) is 1. The van der Waals surface area contributed by atoms with Gasteiger partial charge in [-0.2, -0.15) is 5.10 Å². The van der Waals surface area contributed by atoms with E-state index in [-0.39, 0.29) is 11.3 Å². The minimum absolute atomic E-state index is 0.0423. The summed E-state index contributed by atoms with van der Waals surface area (Å²) in [6, 6.07) is 4.11. The molecule has 3 N–H and O–H groups in total. The Hall–Kier alpha value is -2.47. The van der Waals surface area contributed by atoms with Crippen molar-refractivity contribution in [2.75, 3.05) is 6.54 Å². The Morgan fingerprint density at radius 2 is 2.08 bits per heavy atom. The molecule has 6 nitrogen and oxygen atoms in total. The molecule has 4 rings (SSSR count). The van der Waals surface area contributed by atoms with E-state index in [1.165, 1.54) is 5.56 Å². The number of rotatable bonds is 3. The number of fused-ring (bicyclic) bond motifs is 4. The van der Waals surface area contributed by atoms with E-state index in [2.05, 4.69) is 16.3 Å². The molecule has 2 heterocycles. The summed E-state index contributed by atoms with van der Waals surface area (Å²) >= 11 is 0. The first-order chi connectivity index (χ1) is 11.6. The summed E-state index contributed by atoms with van der Waals surface area (Å²) < 4.78 is 1.78. The van der Waals surface area contributed by atoms with Crippen molar-refractivity contribution in [3.63, 3.8) is 0 Å². The number of pyridine rings is 1. The van der Waals surface area contributed by atoms with Gasteiger partial charge >= 0.3 is 0 Å². The van der Waals surface area contributed by atoms with E-state index in [0.717, 1.165) is 40.5 Å². The van der Waals surface area contributed by atoms with Crippen LogP contribution >= 0.6 is 0 Å². The lowest BCUT2D eigenvalue weighted by Crippen LogP contribution is -2.23. The van der Waals surface area contributed by atoms with Gasteiger partial charge in [0, 0.05) is 30.5 Å². The summed E-state index contributed by atoms with van der Waals surface area (Å²) in [7, 11) is 0. The van der Waals surface area contributed by atoms with Crippen molar-refractivity contribution in [3.05, 3.63) is 39.3 Å². The normalized spacial score (nSPS) is 14.5. The van der Waals surface area contributed by atoms with Crippen molar-refractivity contribution >= 4 is 27.6 Å². The number of hydrogen-bond acceptors (Lipinski definition) is 4. The number of Topliss-reactive ketones (excluding diaryl/α,β-unsaturated/α-hetero) is 1. The second kappa shape index (κ2) is 5.56. The van der Waals surface area contributed by atoms with E-state index >= 15 is 0 Å². The van der Waals surface area contributed by atoms with Gasteiger partial charge in [-0.15, -0.1) is 0 Å². The van der Waals surface area contributed by atoms with Gasteiger partial charge in [0.2, 0.25) is 0 Å². The molecular weight excluding hydrogens is 304 g/mol. The smallest absolute Gasteiger partial charge is 0.262 e. The summed E-state index contributed by atoms with van der Waals surface area (Å²) in [5, 5.41) is 8.92. The molecule has 24 heavy (non-hydrogen) atoms. The average molecular weight is 324 g/mol. The number of carbonyl (C=O) groups is 1. The third-order valence-electron chi connectivity index (χ3n) is 4.92. The van der Waals surface area contributed by atoms with E-state index in [4.69, 9.17) is 5.73 Å². The van der Waals surface area contributed by atoms with E-state index in [1.54, 1.807) is 4.57 Å². The molecule has 1 aromatic carbocycles. The van der Waals surface area contributed by atoms with Crippen LogP contribution in [0.5, 0.6) is 0 Å². The first kappa shape index (κ1) is 15.1. The highest BCUT2D eigenvalue weighted by Gasteiger charge is 2.20. The molecule has 0 unspecified atom stereocenters. The average Bonchev–Trinajstić information content (AvgIpc) is 2.95. The van der Waals surface area contributed by atoms with Crippen molar-refractivity contribution in [3.8, 4) is 0 Å². The topological polar surface area (TPSA) is 93.8 Å². The predicted octanol–water partition coefficient (Wildman–Crippen LogP) is 1.59. The highest BCUT2D eigenvalue weighted by Crippen LogP contribution is 2.29. The standard InChI is InChI=1S/C18H20N4O2/c1-10-16-17(21-20-10)14-8-11-3-4-13(23)7-12(11)9-15(14)22(18(16)24)6-2-5-19/h8-9H,2-7,19H2,1H3,(H,20,21). The summed E-state index contributed by atoms with van der Waals surface area (Å²) in [5.41, 5.74) is 10.2. The number of nitrogens with zero attached hydrogens (tertiary/aromatic N) is 2. The van der Waals surface area contributed by atoms with Crippen LogP contribution in [-0.2, 0) is 24.2 Å². The van der Waals surface area contributed by atoms with Crippen LogP contribution in [0.25, 0.3) is 21.8 Å². The SMILES string of the molecule is Cc1[nH]nc2c1c(=O)n(CCCN)c1cc3c(cc21)CCC(=O)C3. The van der Waals surface area contributed by atoms with Gasteiger partial charge in [0.05, 0.1) is 10.9 Å². The molecule has 0 saturated carbocycles. The molecular formula is C18H20N4O2. The van der Waals surface area contributed by atoms with Gasteiger partial charge < -0.3 is 10.3 Å². The quantitative estimate of drug-likeness (QED) is 0.765. The maximum atomic E-state index is 13.0. The van der Waals surface area contributed by atoms with Crippen LogP contribution in [0.4, 0.5) is 0 Å². The summed E-state index contributed by atoms with van der Waals surface area (Å²) in [5.74, 6) is 0.259. The maximum Gasteiger partial charge on any atom is 0.262 e. The van der Waals surface area contributed by atoms with Crippen LogP contribution in [0.15, 0.2) is 16.9 Å². The molecule has 2 aromatic heterocycles. The highest BCUT2D eigenvalue weighted by atomic mass is 16.1. The molecule has 0 saturated heterocycles. The molecule has 3 aromatic rings. The minimum atomic E-state index is -0.0423. The molecule has 0 bridgehead atoms. The fourth-order valence-electron chi connectivity index (χ4n) is 3.66. The Morgan fingerprint density at radius 1 is 1.25 bits per heavy atom. The molecule has 0 spiro atoms. The minimum Gasteiger partial charge on any atom is -0.330 e. The second-order valence-corrected chi connectivity index (χ2v) is 6.52. The number of H-pyrrole nitrogens is 1. The number of hydrogen-bond donors (Lipinski definition) is 2. The third-order valence-corrected chi connectivity index (χ3v) is 4.92. The van der Waals surface area contributed by atoms with Gasteiger partial charge in [0.15, 0.2) is 0 Å². The van der Waals surface area contributed by atoms with Crippen molar-refractivity contribution in [1.82, 2.24) is 14.8 Å². The summed E-state index contributed by atoms with van der Waals surface area (Å²) in [6.45, 7) is 2.96. The van der Waals surface area contributed by atoms with Gasteiger partial charge in [-0.1, -0.05) is 0 Å². The summed E-state index contributed by atoms with van der Waals surface area (Å²) in [4.78, 5) is 24.8. The van der Waals surface area contributed by atoms with Gasteiger partial charge in [-0.05, 0) is 49.6 Å². The Labute approximate surface area is 138 Å². The lowest BCUT2D eigenvalue weighted by atomic mass is 9.89. The molecule has 6 heteroatoms. The van der Waals surface area contributed by atoms with E-state index < -0.39 is 0 Å². The number of ketones is 1. The van der Waals surface area contributed by atoms with Gasteiger partial charge in [0.25, 0.3) is 5.56 Å². The summed E-state index contributed by atoms with van der Waals surface area (Å²) in [6.07, 6.45) is 2.53. The largest absolute Gasteiger partial charge is 0.330 e. The number of aromatic nitrogens is 3. The maximum absolute atomic E-state index is 13.0. The molecule has 0 radical (unpaired) electrons. The molecule has 0 atom stereocenters. The second-order valence-electron chi connectivity index (χ2n) is 6.52. The highest BCUT2D eigenvalue weighted by molar-refractivity contribution is 6.05. The zero-order valence-electron chi connectivity index (χ0n) is 13.7. The fraction of sp³-hybridized carbons (Fsp3) is 0.389. The Bertz CT molecular complexity index is 1030. The van der Waals surface area contributed by atoms with Gasteiger partial charge in [-0.25, -0.2) is 0 Å². The van der Waals surface area contributed by atoms with Crippen LogP contribution in [0.3, 0.4) is 0 Å². The zero-order chi connectivity index (χ0) is 16.8. The van der Waals surface area contributed by atoms with Crippen LogP contribution in [0.2, 0.25) is 0 Å². The first-order valence-corrected chi connectivity index (χ1v) is 8.35. The molecule has 0 amide bonds. The monoisotopic (exact) mass is 324 g/mol. The zero-order valence-corrected chi connectivity index (χ0v) is 13.7. The van der Waals surface area contributed by atoms with Crippen LogP contribution in [0, 0.1) is 6.92 Å². The number of carbonyl (C=O) groups excluding carboxylic acids is 1. The molecule has 0 fully saturated rings. The van der Waals surface area contributed by atoms with E-state index in [0.29, 0.717) is 31.3 Å². The predicted molar refractivity (Wildman–Crippen MR) is 93.3 cm³/mol. The number of aromatic amines is 1. The van der Waals surface area contributed by atoms with Crippen molar-refractivity contribution < 1.29 is 4.79 Å². The van der Waals surface area contributed by atoms with Gasteiger partial charge in [0.1, 0.15) is 11.3 Å². The lowest BCUT2D eigenvalue weighted by Gasteiger charge is -2.18.